The highest BCUT2D eigenvalue weighted by Gasteiger charge is 2.38. The summed E-state index contributed by atoms with van der Waals surface area (Å²) in [6, 6.07) is 0.128. The number of unbranched alkanes of at least 4 members (excludes halogenated alkanes) is 1. The zero-order valence-electron chi connectivity index (χ0n) is 39.3. The van der Waals surface area contributed by atoms with Crippen LogP contribution < -0.4 is 48.7 Å². The molecule has 1 fully saturated rings. The van der Waals surface area contributed by atoms with Crippen LogP contribution in [0.5, 0.6) is 0 Å². The Balaban J connectivity index is 1.83. The molecule has 12 N–H and O–H groups in total. The minimum absolute atomic E-state index is 0.00616. The summed E-state index contributed by atoms with van der Waals surface area (Å²) in [6.45, 7) is 10.1. The summed E-state index contributed by atoms with van der Waals surface area (Å²) in [4.78, 5) is 124. The number of hydrogen-bond donors (Lipinski definition) is 10. The van der Waals surface area contributed by atoms with Crippen LogP contribution in [0.25, 0.3) is 10.9 Å². The Morgan fingerprint density at radius 1 is 0.788 bits per heavy atom. The molecule has 1 aromatic carbocycles. The Bertz CT molecular complexity index is 2010. The van der Waals surface area contributed by atoms with Gasteiger partial charge >= 0.3 is 0 Å². The highest BCUT2D eigenvalue weighted by atomic mass is 32.2. The number of H-pyrrole nitrogens is 1. The number of carbonyl (C=O) groups is 9. The number of para-hydroxylation sites is 1. The van der Waals surface area contributed by atoms with E-state index in [4.69, 9.17) is 11.5 Å². The van der Waals surface area contributed by atoms with Gasteiger partial charge in [0.05, 0.1) is 6.54 Å². The van der Waals surface area contributed by atoms with E-state index in [1.165, 1.54) is 30.5 Å². The molecule has 0 aliphatic carbocycles. The first-order chi connectivity index (χ1) is 31.3. The molecule has 1 aliphatic heterocycles. The van der Waals surface area contributed by atoms with Gasteiger partial charge in [-0.1, -0.05) is 45.9 Å². The van der Waals surface area contributed by atoms with Crippen LogP contribution >= 0.6 is 11.8 Å². The van der Waals surface area contributed by atoms with Crippen molar-refractivity contribution in [1.82, 2.24) is 47.1 Å². The zero-order chi connectivity index (χ0) is 49.1. The van der Waals surface area contributed by atoms with E-state index in [0.29, 0.717) is 37.1 Å². The van der Waals surface area contributed by atoms with Crippen molar-refractivity contribution in [2.24, 2.45) is 23.3 Å². The van der Waals surface area contributed by atoms with Crippen molar-refractivity contribution >= 4 is 75.8 Å². The predicted molar refractivity (Wildman–Crippen MR) is 252 cm³/mol. The number of nitrogens with two attached hydrogens (primary N) is 2. The molecule has 0 unspecified atom stereocenters. The summed E-state index contributed by atoms with van der Waals surface area (Å²) in [5, 5.41) is 19.7. The molecule has 1 saturated heterocycles. The molecule has 2 aromatic rings. The van der Waals surface area contributed by atoms with Crippen LogP contribution in [0.1, 0.15) is 92.1 Å². The van der Waals surface area contributed by atoms with Crippen molar-refractivity contribution in [3.8, 4) is 0 Å². The Labute approximate surface area is 391 Å². The number of carbonyl (C=O) groups excluding carboxylic acids is 9. The number of nitrogens with one attached hydrogen (secondary N) is 8. The number of fused-ring (bicyclic) bond motifs is 1. The van der Waals surface area contributed by atoms with Crippen molar-refractivity contribution in [2.75, 3.05) is 31.6 Å². The molecule has 9 amide bonds. The van der Waals surface area contributed by atoms with Gasteiger partial charge in [-0.2, -0.15) is 11.8 Å². The van der Waals surface area contributed by atoms with Gasteiger partial charge in [-0.05, 0) is 93.9 Å². The van der Waals surface area contributed by atoms with Gasteiger partial charge < -0.3 is 58.6 Å². The number of aromatic amines is 1. The molecule has 20 nitrogen and oxygen atoms in total. The third kappa shape index (κ3) is 16.9. The monoisotopic (exact) mass is 942 g/mol. The number of primary amides is 1. The minimum atomic E-state index is -1.23. The molecular weight excluding hydrogens is 871 g/mol. The van der Waals surface area contributed by atoms with E-state index in [2.05, 4.69) is 42.2 Å². The normalized spacial score (nSPS) is 16.3. The van der Waals surface area contributed by atoms with Crippen LogP contribution in [-0.4, -0.2) is 137 Å². The maximum Gasteiger partial charge on any atom is 0.243 e. The number of rotatable bonds is 27. The van der Waals surface area contributed by atoms with Gasteiger partial charge in [0.15, 0.2) is 0 Å². The van der Waals surface area contributed by atoms with Crippen molar-refractivity contribution in [1.29, 1.82) is 0 Å². The van der Waals surface area contributed by atoms with Gasteiger partial charge in [-0.25, -0.2) is 0 Å². The van der Waals surface area contributed by atoms with E-state index < -0.39 is 102 Å². The summed E-state index contributed by atoms with van der Waals surface area (Å²) in [7, 11) is 0. The second-order valence-corrected chi connectivity index (χ2v) is 18.5. The number of amides is 9. The Kier molecular flexibility index (Phi) is 22.4. The van der Waals surface area contributed by atoms with Gasteiger partial charge in [0, 0.05) is 37.0 Å². The van der Waals surface area contributed by atoms with Crippen molar-refractivity contribution < 1.29 is 43.2 Å². The third-order valence-corrected chi connectivity index (χ3v) is 11.9. The molecule has 1 aromatic heterocycles. The van der Waals surface area contributed by atoms with Gasteiger partial charge in [-0.3, -0.25) is 43.2 Å². The molecule has 7 atom stereocenters. The largest absolute Gasteiger partial charge is 0.368 e. The van der Waals surface area contributed by atoms with Gasteiger partial charge in [-0.15, -0.1) is 0 Å². The molecule has 0 saturated carbocycles. The second-order valence-electron chi connectivity index (χ2n) is 17.5. The number of likely N-dealkylation sites (tertiary alicyclic amines) is 1. The van der Waals surface area contributed by atoms with Crippen LogP contribution in [0.15, 0.2) is 30.5 Å². The Hall–Kier alpha value is -5.70. The summed E-state index contributed by atoms with van der Waals surface area (Å²) in [6.07, 6.45) is 6.04. The van der Waals surface area contributed by atoms with Gasteiger partial charge in [0.25, 0.3) is 0 Å². The Morgan fingerprint density at radius 3 is 2.06 bits per heavy atom. The van der Waals surface area contributed by atoms with E-state index in [1.807, 2.05) is 44.4 Å². The van der Waals surface area contributed by atoms with Gasteiger partial charge in [0.1, 0.15) is 42.3 Å². The Morgan fingerprint density at radius 2 is 1.42 bits per heavy atom. The maximum atomic E-state index is 14.4. The molecule has 0 spiro atoms. The lowest BCUT2D eigenvalue weighted by atomic mass is 9.99. The number of thioether (sulfide) groups is 1. The first-order valence-corrected chi connectivity index (χ1v) is 24.1. The number of aromatic nitrogens is 1. The highest BCUT2D eigenvalue weighted by molar-refractivity contribution is 7.98. The quantitative estimate of drug-likeness (QED) is 0.0525. The summed E-state index contributed by atoms with van der Waals surface area (Å²) >= 11 is 1.47. The third-order valence-electron chi connectivity index (χ3n) is 11.3. The lowest BCUT2D eigenvalue weighted by molar-refractivity contribution is -0.140. The SMILES string of the molecule is CSCC[C@H](NC(=O)[C@@H](NC(C)=O)C(C)C)C(=O)NCC(=O)N1CCC[C@H]1C(=O)N[C@@H](Cc1c[nH]c2ccccc12)C(=O)N[C@@H](CC(C)C)C(=O)N[C@@H](CCCCN)C(=O)N[C@@H](C)C(N)=O. The second kappa shape index (κ2) is 27.1. The molecule has 0 bridgehead atoms. The molecule has 0 radical (unpaired) electrons. The van der Waals surface area contributed by atoms with Crippen molar-refractivity contribution in [3.63, 3.8) is 0 Å². The number of benzene rings is 1. The van der Waals surface area contributed by atoms with Gasteiger partial charge in [0.2, 0.25) is 53.2 Å². The fourth-order valence-electron chi connectivity index (χ4n) is 7.64. The van der Waals surface area contributed by atoms with Crippen molar-refractivity contribution in [3.05, 3.63) is 36.0 Å². The highest BCUT2D eigenvalue weighted by Crippen LogP contribution is 2.22. The standard InChI is InChI=1S/C45H71N11O9S/c1-25(2)21-34(42(62)52-32(15-10-11-18-46)41(61)50-27(5)39(47)59)54-43(63)35(22-29-23-48-31-14-9-8-13-30(29)31)55-44(64)36-16-12-19-56(36)37(58)24-49-40(60)33(17-20-66-7)53-45(65)38(26(3)4)51-28(6)57/h8-9,13-14,23,25-27,32-36,38,48H,10-12,15-22,24,46H2,1-7H3,(H2,47,59)(H,49,60)(H,50,61)(H,51,57)(H,52,62)(H,53,65)(H,54,63)(H,55,64)/t27-,32-,33-,34-,35-,36-,38-/m0/s1. The average molecular weight is 942 g/mol. The lowest BCUT2D eigenvalue weighted by Crippen LogP contribution is -2.59. The fourth-order valence-corrected chi connectivity index (χ4v) is 8.11. The first-order valence-electron chi connectivity index (χ1n) is 22.7. The predicted octanol–water partition coefficient (Wildman–Crippen LogP) is -0.164. The average Bonchev–Trinajstić information content (AvgIpc) is 3.93. The molecule has 366 valence electrons. The molecule has 2 heterocycles. The molecular formula is C45H71N11O9S. The van der Waals surface area contributed by atoms with E-state index in [1.54, 1.807) is 20.0 Å². The molecule has 3 rings (SSSR count). The smallest absolute Gasteiger partial charge is 0.243 e. The van der Waals surface area contributed by atoms with Crippen LogP contribution in [-0.2, 0) is 49.6 Å². The molecule has 1 aliphatic rings. The minimum Gasteiger partial charge on any atom is -0.368 e. The van der Waals surface area contributed by atoms with E-state index in [0.717, 1.165) is 10.9 Å². The van der Waals surface area contributed by atoms with Crippen LogP contribution in [0.2, 0.25) is 0 Å². The summed E-state index contributed by atoms with van der Waals surface area (Å²) < 4.78 is 0. The van der Waals surface area contributed by atoms with Crippen LogP contribution in [0, 0.1) is 11.8 Å². The number of hydrogen-bond acceptors (Lipinski definition) is 11. The molecule has 21 heteroatoms. The van der Waals surface area contributed by atoms with E-state index in [-0.39, 0.29) is 50.5 Å². The summed E-state index contributed by atoms with van der Waals surface area (Å²) in [5.41, 5.74) is 12.5. The maximum absolute atomic E-state index is 14.4. The molecule has 66 heavy (non-hydrogen) atoms. The zero-order valence-corrected chi connectivity index (χ0v) is 40.1. The van der Waals surface area contributed by atoms with E-state index >= 15 is 0 Å². The topological polar surface area (TPSA) is 309 Å². The van der Waals surface area contributed by atoms with E-state index in [9.17, 15) is 43.2 Å². The lowest BCUT2D eigenvalue weighted by Gasteiger charge is -2.29. The van der Waals surface area contributed by atoms with Crippen molar-refractivity contribution in [2.45, 2.75) is 135 Å². The van der Waals surface area contributed by atoms with Crippen LogP contribution in [0.3, 0.4) is 0 Å². The summed E-state index contributed by atoms with van der Waals surface area (Å²) in [5.74, 6) is -5.23. The first kappa shape index (κ1) is 54.6. The fraction of sp³-hybridized carbons (Fsp3) is 0.622. The number of nitrogens with zero attached hydrogens (tertiary/aromatic N) is 1. The van der Waals surface area contributed by atoms with Crippen LogP contribution in [0.4, 0.5) is 0 Å².